The van der Waals surface area contributed by atoms with Gasteiger partial charge < -0.3 is 5.11 Å². The molecule has 2 heterocycles. The van der Waals surface area contributed by atoms with Gasteiger partial charge in [-0.3, -0.25) is 4.79 Å². The van der Waals surface area contributed by atoms with Gasteiger partial charge in [-0.15, -0.1) is 0 Å². The summed E-state index contributed by atoms with van der Waals surface area (Å²) in [4.78, 5) is 16.3. The van der Waals surface area contributed by atoms with Crippen molar-refractivity contribution in [2.45, 2.75) is 49.9 Å². The number of fused-ring (bicyclic) bond motifs is 1. The van der Waals surface area contributed by atoms with Gasteiger partial charge in [0.15, 0.2) is 0 Å². The lowest BCUT2D eigenvalue weighted by atomic mass is 9.98. The molecule has 0 unspecified atom stereocenters. The van der Waals surface area contributed by atoms with Crippen molar-refractivity contribution in [1.29, 1.82) is 0 Å². The summed E-state index contributed by atoms with van der Waals surface area (Å²) in [5.41, 5.74) is 6.09. The molecule has 1 aliphatic carbocycles. The number of hydrogen-bond acceptors (Lipinski definition) is 5. The van der Waals surface area contributed by atoms with Gasteiger partial charge in [0.1, 0.15) is 0 Å². The number of carboxylic acids is 1. The zero-order valence-corrected chi connectivity index (χ0v) is 27.0. The number of thioether (sulfide) groups is 1. The van der Waals surface area contributed by atoms with Crippen LogP contribution in [0.4, 0.5) is 0 Å². The van der Waals surface area contributed by atoms with Gasteiger partial charge in [-0.1, -0.05) is 60.1 Å². The van der Waals surface area contributed by atoms with Gasteiger partial charge >= 0.3 is 5.97 Å². The number of benzene rings is 3. The molecule has 1 fully saturated rings. The Hall–Kier alpha value is -2.75. The van der Waals surface area contributed by atoms with E-state index in [0.29, 0.717) is 5.02 Å². The number of carbonyl (C=O) groups is 1. The number of hydrogen-bond donors (Lipinski definition) is 1. The maximum Gasteiger partial charge on any atom is 0.303 e. The predicted molar refractivity (Wildman–Crippen MR) is 181 cm³/mol. The van der Waals surface area contributed by atoms with Gasteiger partial charge in [0.2, 0.25) is 5.66 Å². The van der Waals surface area contributed by atoms with E-state index >= 15 is 0 Å². The molecular formula is C34H31ClIN3O2S. The van der Waals surface area contributed by atoms with Gasteiger partial charge in [0.05, 0.1) is 17.6 Å². The van der Waals surface area contributed by atoms with Crippen LogP contribution < -0.4 is 0 Å². The number of pyridine rings is 1. The molecule has 2 aliphatic rings. The number of halogens is 2. The highest BCUT2D eigenvalue weighted by Crippen LogP contribution is 2.53. The summed E-state index contributed by atoms with van der Waals surface area (Å²) in [5.74, 6) is 0.165. The van der Waals surface area contributed by atoms with Crippen LogP contribution in [0.25, 0.3) is 23.1 Å². The summed E-state index contributed by atoms with van der Waals surface area (Å²) in [5, 5.41) is 19.9. The van der Waals surface area contributed by atoms with E-state index in [9.17, 15) is 9.90 Å². The Morgan fingerprint density at radius 3 is 2.64 bits per heavy atom. The molecule has 1 aliphatic heterocycles. The molecule has 1 aromatic heterocycles. The average molecular weight is 708 g/mol. The molecule has 6 rings (SSSR count). The molecule has 5 nitrogen and oxygen atoms in total. The van der Waals surface area contributed by atoms with Crippen LogP contribution in [0.5, 0.6) is 0 Å². The summed E-state index contributed by atoms with van der Waals surface area (Å²) in [6.07, 6.45) is 8.27. The fourth-order valence-electron chi connectivity index (χ4n) is 5.29. The van der Waals surface area contributed by atoms with Crippen molar-refractivity contribution in [3.05, 3.63) is 109 Å². The molecule has 0 bridgehead atoms. The fraction of sp³-hybridized carbons (Fsp3) is 0.294. The van der Waals surface area contributed by atoms with Crippen LogP contribution in [-0.4, -0.2) is 21.8 Å². The Balaban J connectivity index is 1.22. The lowest BCUT2D eigenvalue weighted by molar-refractivity contribution is -0.138. The van der Waals surface area contributed by atoms with Gasteiger partial charge in [0, 0.05) is 30.5 Å². The van der Waals surface area contributed by atoms with Crippen LogP contribution in [0.3, 0.4) is 0 Å². The summed E-state index contributed by atoms with van der Waals surface area (Å²) >= 11 is 10.5. The lowest BCUT2D eigenvalue weighted by Gasteiger charge is -2.21. The molecule has 1 N–H and O–H groups in total. The van der Waals surface area contributed by atoms with Crippen molar-refractivity contribution in [2.75, 3.05) is 5.75 Å². The minimum Gasteiger partial charge on any atom is -0.481 e. The maximum absolute atomic E-state index is 11.5. The van der Waals surface area contributed by atoms with Crippen molar-refractivity contribution >= 4 is 75.0 Å². The van der Waals surface area contributed by atoms with Gasteiger partial charge in [-0.05, 0) is 114 Å². The number of aryl methyl sites for hydroxylation is 1. The number of aliphatic carboxylic acids is 1. The molecule has 0 radical (unpaired) electrons. The third kappa shape index (κ3) is 7.24. The van der Waals surface area contributed by atoms with Gasteiger partial charge in [-0.25, -0.2) is 4.98 Å². The largest absolute Gasteiger partial charge is 0.481 e. The van der Waals surface area contributed by atoms with Crippen molar-refractivity contribution in [3.63, 3.8) is 0 Å². The molecule has 0 saturated heterocycles. The first-order chi connectivity index (χ1) is 20.2. The molecule has 0 spiro atoms. The number of aromatic nitrogens is 1. The first-order valence-corrected chi connectivity index (χ1v) is 16.6. The van der Waals surface area contributed by atoms with Crippen molar-refractivity contribution in [3.8, 4) is 0 Å². The normalized spacial score (nSPS) is 17.0. The Labute approximate surface area is 269 Å². The quantitative estimate of drug-likeness (QED) is 0.149. The molecular weight excluding hydrogens is 677 g/mol. The highest BCUT2D eigenvalue weighted by molar-refractivity contribution is 14.1. The second-order valence-corrected chi connectivity index (χ2v) is 14.4. The summed E-state index contributed by atoms with van der Waals surface area (Å²) < 4.78 is 1.19. The van der Waals surface area contributed by atoms with Crippen molar-refractivity contribution in [1.82, 2.24) is 4.98 Å². The summed E-state index contributed by atoms with van der Waals surface area (Å²) in [7, 11) is 0. The minimum absolute atomic E-state index is 0.0597. The average Bonchev–Trinajstić information content (AvgIpc) is 3.89. The fourth-order valence-corrected chi connectivity index (χ4v) is 7.76. The zero-order chi connectivity index (χ0) is 29.3. The third-order valence-electron chi connectivity index (χ3n) is 8.08. The van der Waals surface area contributed by atoms with E-state index in [1.807, 2.05) is 49.0 Å². The highest BCUT2D eigenvalue weighted by atomic mass is 127. The maximum atomic E-state index is 11.5. The van der Waals surface area contributed by atoms with E-state index in [0.717, 1.165) is 59.2 Å². The van der Waals surface area contributed by atoms with E-state index in [1.54, 1.807) is 0 Å². The van der Waals surface area contributed by atoms with Crippen LogP contribution >= 0.6 is 46.0 Å². The lowest BCUT2D eigenvalue weighted by Crippen LogP contribution is -2.12. The molecule has 1 atom stereocenters. The summed E-state index contributed by atoms with van der Waals surface area (Å²) in [6, 6.07) is 25.2. The monoisotopic (exact) mass is 707 g/mol. The summed E-state index contributed by atoms with van der Waals surface area (Å²) in [6.45, 7) is 2.04. The second-order valence-electron chi connectivity index (χ2n) is 11.6. The van der Waals surface area contributed by atoms with Crippen molar-refractivity contribution < 1.29 is 9.90 Å². The zero-order valence-electron chi connectivity index (χ0n) is 23.3. The predicted octanol–water partition coefficient (Wildman–Crippen LogP) is 9.96. The first-order valence-electron chi connectivity index (χ1n) is 14.1. The number of carboxylic acid groups (broad SMARTS) is 1. The van der Waals surface area contributed by atoms with Crippen molar-refractivity contribution in [2.24, 2.45) is 15.6 Å². The van der Waals surface area contributed by atoms with Crippen LogP contribution in [-0.2, 0) is 16.9 Å². The highest BCUT2D eigenvalue weighted by Gasteiger charge is 2.44. The van der Waals surface area contributed by atoms with E-state index in [1.165, 1.54) is 14.7 Å². The number of rotatable bonds is 12. The van der Waals surface area contributed by atoms with Crippen LogP contribution in [0.15, 0.2) is 83.0 Å². The smallest absolute Gasteiger partial charge is 0.303 e. The Bertz CT molecular complexity index is 1710. The topological polar surface area (TPSA) is 74.9 Å². The SMILES string of the molecule is CC1(c2cc(I)cc(CC[C@@H](SCC3(CC(=O)O)CC3)c3cccc(/C=C/c4ccc5ccc(Cl)cc5n4)c3)c2)N=N1. The van der Waals surface area contributed by atoms with Gasteiger partial charge in [-0.2, -0.15) is 22.0 Å². The van der Waals surface area contributed by atoms with Gasteiger partial charge in [0.25, 0.3) is 0 Å². The Kier molecular flexibility index (Phi) is 8.44. The molecule has 8 heteroatoms. The van der Waals surface area contributed by atoms with E-state index in [2.05, 4.69) is 87.4 Å². The standard InChI is InChI=1S/C34H31ClIN3O2S/c1-33(38-39-33)26-16-23(17-28(36)18-26)6-12-31(42-21-34(13-14-34)20-32(40)41)25-4-2-3-22(15-25)5-10-29-11-8-24-7-9-27(35)19-30(24)37-29/h2-5,7-11,15-19,31H,6,12-14,20-21H2,1H3,(H,40,41)/b10-5+/t31-/m1/s1. The van der Waals surface area contributed by atoms with E-state index in [-0.39, 0.29) is 17.1 Å². The Morgan fingerprint density at radius 1 is 1.07 bits per heavy atom. The van der Waals surface area contributed by atoms with Crippen LogP contribution in [0.1, 0.15) is 65.8 Å². The first kappa shape index (κ1) is 29.3. The number of nitrogens with zero attached hydrogens (tertiary/aromatic N) is 3. The molecule has 42 heavy (non-hydrogen) atoms. The third-order valence-corrected chi connectivity index (χ3v) is 10.6. The molecule has 1 saturated carbocycles. The van der Waals surface area contributed by atoms with Crippen LogP contribution in [0, 0.1) is 8.99 Å². The second kappa shape index (κ2) is 12.1. The van der Waals surface area contributed by atoms with E-state index < -0.39 is 11.6 Å². The molecule has 0 amide bonds. The van der Waals surface area contributed by atoms with Crippen LogP contribution in [0.2, 0.25) is 5.02 Å². The van der Waals surface area contributed by atoms with E-state index in [4.69, 9.17) is 16.6 Å². The Morgan fingerprint density at radius 2 is 1.88 bits per heavy atom. The molecule has 4 aromatic rings. The minimum atomic E-state index is -0.697. The molecule has 214 valence electrons. The molecule has 3 aromatic carbocycles.